The largest absolute Gasteiger partial charge is 0.342 e. The number of rotatable bonds is 6. The monoisotopic (exact) mass is 224 g/mol. The average Bonchev–Trinajstić information content (AvgIpc) is 2.66. The van der Waals surface area contributed by atoms with E-state index in [2.05, 4.69) is 10.4 Å². The highest BCUT2D eigenvalue weighted by molar-refractivity contribution is 5.78. The van der Waals surface area contributed by atoms with E-state index >= 15 is 0 Å². The van der Waals surface area contributed by atoms with E-state index in [9.17, 15) is 4.79 Å². The minimum Gasteiger partial charge on any atom is -0.342 e. The van der Waals surface area contributed by atoms with Crippen molar-refractivity contribution in [3.05, 3.63) is 18.0 Å². The van der Waals surface area contributed by atoms with Gasteiger partial charge in [-0.05, 0) is 13.8 Å². The Bertz CT molecular complexity index is 330. The number of aromatic nitrogens is 2. The van der Waals surface area contributed by atoms with E-state index in [-0.39, 0.29) is 5.91 Å². The van der Waals surface area contributed by atoms with E-state index in [0.717, 1.165) is 18.7 Å². The predicted molar refractivity (Wildman–Crippen MR) is 62.8 cm³/mol. The van der Waals surface area contributed by atoms with E-state index in [1.54, 1.807) is 10.9 Å². The number of hydrogen-bond donors (Lipinski definition) is 1. The quantitative estimate of drug-likeness (QED) is 0.760. The van der Waals surface area contributed by atoms with Crippen molar-refractivity contribution in [1.29, 1.82) is 0 Å². The van der Waals surface area contributed by atoms with Crippen molar-refractivity contribution >= 4 is 5.91 Å². The molecule has 0 saturated carbocycles. The van der Waals surface area contributed by atoms with Crippen LogP contribution >= 0.6 is 0 Å². The first-order chi connectivity index (χ1) is 7.67. The number of amides is 1. The Morgan fingerprint density at radius 3 is 2.69 bits per heavy atom. The molecule has 0 bridgehead atoms. The summed E-state index contributed by atoms with van der Waals surface area (Å²) in [6.07, 6.45) is 3.74. The van der Waals surface area contributed by atoms with Crippen LogP contribution in [0, 0.1) is 0 Å². The number of likely N-dealkylation sites (N-methyl/N-ethyl adjacent to an activating group) is 1. The first-order valence-corrected chi connectivity index (χ1v) is 5.63. The summed E-state index contributed by atoms with van der Waals surface area (Å²) in [5, 5.41) is 7.18. The van der Waals surface area contributed by atoms with Crippen LogP contribution in [-0.4, -0.2) is 40.2 Å². The van der Waals surface area contributed by atoms with Gasteiger partial charge in [0.1, 0.15) is 0 Å². The van der Waals surface area contributed by atoms with Gasteiger partial charge < -0.3 is 10.2 Å². The highest BCUT2D eigenvalue weighted by Gasteiger charge is 2.08. The summed E-state index contributed by atoms with van der Waals surface area (Å²) < 4.78 is 1.75. The zero-order valence-electron chi connectivity index (χ0n) is 10.2. The van der Waals surface area contributed by atoms with Crippen LogP contribution in [0.2, 0.25) is 0 Å². The van der Waals surface area contributed by atoms with Crippen molar-refractivity contribution in [3.63, 3.8) is 0 Å². The lowest BCUT2D eigenvalue weighted by molar-refractivity contribution is -0.129. The minimum atomic E-state index is 0.147. The van der Waals surface area contributed by atoms with E-state index in [4.69, 9.17) is 0 Å². The summed E-state index contributed by atoms with van der Waals surface area (Å²) in [5.41, 5.74) is 1.09. The molecule has 5 heteroatoms. The molecular formula is C11H20N4O. The van der Waals surface area contributed by atoms with Crippen LogP contribution in [0.1, 0.15) is 19.4 Å². The molecule has 0 atom stereocenters. The Balaban J connectivity index is 2.27. The van der Waals surface area contributed by atoms with Crippen molar-refractivity contribution in [2.75, 3.05) is 19.6 Å². The molecule has 16 heavy (non-hydrogen) atoms. The molecule has 1 aromatic heterocycles. The zero-order valence-corrected chi connectivity index (χ0v) is 10.2. The van der Waals surface area contributed by atoms with Gasteiger partial charge in [-0.1, -0.05) is 0 Å². The normalized spacial score (nSPS) is 10.4. The van der Waals surface area contributed by atoms with Crippen LogP contribution in [-0.2, 0) is 18.4 Å². The SMILES string of the molecule is CCN(CC)C(=O)CNCc1cnn(C)c1. The molecule has 5 nitrogen and oxygen atoms in total. The van der Waals surface area contributed by atoms with Crippen LogP contribution in [0.25, 0.3) is 0 Å². The van der Waals surface area contributed by atoms with E-state index in [0.29, 0.717) is 13.1 Å². The van der Waals surface area contributed by atoms with Gasteiger partial charge >= 0.3 is 0 Å². The number of nitrogens with one attached hydrogen (secondary N) is 1. The van der Waals surface area contributed by atoms with Gasteiger partial charge in [-0.3, -0.25) is 9.48 Å². The van der Waals surface area contributed by atoms with Crippen LogP contribution in [0.15, 0.2) is 12.4 Å². The van der Waals surface area contributed by atoms with Gasteiger partial charge in [0.25, 0.3) is 0 Å². The summed E-state index contributed by atoms with van der Waals surface area (Å²) >= 11 is 0. The van der Waals surface area contributed by atoms with Gasteiger partial charge in [-0.2, -0.15) is 5.10 Å². The van der Waals surface area contributed by atoms with Gasteiger partial charge in [-0.15, -0.1) is 0 Å². The Morgan fingerprint density at radius 2 is 2.19 bits per heavy atom. The second-order valence-corrected chi connectivity index (χ2v) is 3.69. The molecule has 1 heterocycles. The molecule has 1 amide bonds. The first kappa shape index (κ1) is 12.7. The van der Waals surface area contributed by atoms with Crippen molar-refractivity contribution in [2.45, 2.75) is 20.4 Å². The zero-order chi connectivity index (χ0) is 12.0. The summed E-state index contributed by atoms with van der Waals surface area (Å²) in [6, 6.07) is 0. The standard InChI is InChI=1S/C11H20N4O/c1-4-15(5-2)11(16)8-12-6-10-7-13-14(3)9-10/h7,9,12H,4-6,8H2,1-3H3. The first-order valence-electron chi connectivity index (χ1n) is 5.63. The molecular weight excluding hydrogens is 204 g/mol. The fraction of sp³-hybridized carbons (Fsp3) is 0.636. The van der Waals surface area contributed by atoms with E-state index < -0.39 is 0 Å². The Hall–Kier alpha value is -1.36. The van der Waals surface area contributed by atoms with E-state index in [1.807, 2.05) is 32.0 Å². The maximum atomic E-state index is 11.6. The molecule has 0 aromatic carbocycles. The summed E-state index contributed by atoms with van der Waals surface area (Å²) in [4.78, 5) is 13.5. The molecule has 0 aliphatic carbocycles. The molecule has 1 aromatic rings. The fourth-order valence-electron chi connectivity index (χ4n) is 1.57. The molecule has 1 rings (SSSR count). The Morgan fingerprint density at radius 1 is 1.50 bits per heavy atom. The predicted octanol–water partition coefficient (Wildman–Crippen LogP) is 0.378. The second kappa shape index (κ2) is 6.27. The maximum Gasteiger partial charge on any atom is 0.236 e. The molecule has 0 radical (unpaired) electrons. The summed E-state index contributed by atoms with van der Waals surface area (Å²) in [7, 11) is 1.88. The number of aryl methyl sites for hydroxylation is 1. The van der Waals surface area contributed by atoms with Crippen molar-refractivity contribution in [3.8, 4) is 0 Å². The third kappa shape index (κ3) is 3.66. The molecule has 0 saturated heterocycles. The third-order valence-corrected chi connectivity index (χ3v) is 2.48. The molecule has 90 valence electrons. The number of carbonyl (C=O) groups excluding carboxylic acids is 1. The Labute approximate surface area is 96.4 Å². The van der Waals surface area contributed by atoms with Gasteiger partial charge in [0, 0.05) is 38.4 Å². The summed E-state index contributed by atoms with van der Waals surface area (Å²) in [5.74, 6) is 0.147. The summed E-state index contributed by atoms with van der Waals surface area (Å²) in [6.45, 7) is 6.58. The smallest absolute Gasteiger partial charge is 0.236 e. The highest BCUT2D eigenvalue weighted by Crippen LogP contribution is 1.95. The van der Waals surface area contributed by atoms with Crippen LogP contribution in [0.5, 0.6) is 0 Å². The van der Waals surface area contributed by atoms with Crippen molar-refractivity contribution in [1.82, 2.24) is 20.0 Å². The van der Waals surface area contributed by atoms with Gasteiger partial charge in [-0.25, -0.2) is 0 Å². The number of carbonyl (C=O) groups is 1. The van der Waals surface area contributed by atoms with E-state index in [1.165, 1.54) is 0 Å². The molecule has 0 unspecified atom stereocenters. The van der Waals surface area contributed by atoms with Crippen molar-refractivity contribution in [2.24, 2.45) is 7.05 Å². The Kier molecular flexibility index (Phi) is 4.98. The topological polar surface area (TPSA) is 50.2 Å². The lowest BCUT2D eigenvalue weighted by Gasteiger charge is -2.18. The maximum absolute atomic E-state index is 11.6. The van der Waals surface area contributed by atoms with Crippen molar-refractivity contribution < 1.29 is 4.79 Å². The van der Waals surface area contributed by atoms with Crippen LogP contribution in [0.3, 0.4) is 0 Å². The lowest BCUT2D eigenvalue weighted by atomic mass is 10.3. The fourth-order valence-corrected chi connectivity index (χ4v) is 1.57. The third-order valence-electron chi connectivity index (χ3n) is 2.48. The minimum absolute atomic E-state index is 0.147. The van der Waals surface area contributed by atoms with Gasteiger partial charge in [0.2, 0.25) is 5.91 Å². The van der Waals surface area contributed by atoms with Crippen LogP contribution in [0.4, 0.5) is 0 Å². The lowest BCUT2D eigenvalue weighted by Crippen LogP contribution is -2.37. The molecule has 0 spiro atoms. The number of hydrogen-bond acceptors (Lipinski definition) is 3. The highest BCUT2D eigenvalue weighted by atomic mass is 16.2. The molecule has 1 N–H and O–H groups in total. The molecule has 0 aliphatic rings. The molecule has 0 fully saturated rings. The average molecular weight is 224 g/mol. The van der Waals surface area contributed by atoms with Crippen LogP contribution < -0.4 is 5.32 Å². The molecule has 0 aliphatic heterocycles. The second-order valence-electron chi connectivity index (χ2n) is 3.69. The van der Waals surface area contributed by atoms with Gasteiger partial charge in [0.15, 0.2) is 0 Å². The number of nitrogens with zero attached hydrogens (tertiary/aromatic N) is 3. The van der Waals surface area contributed by atoms with Gasteiger partial charge in [0.05, 0.1) is 12.7 Å².